The van der Waals surface area contributed by atoms with Crippen LogP contribution in [0.15, 0.2) is 47.1 Å². The van der Waals surface area contributed by atoms with Crippen LogP contribution in [0.5, 0.6) is 0 Å². The van der Waals surface area contributed by atoms with Gasteiger partial charge in [-0.3, -0.25) is 4.98 Å². The lowest BCUT2D eigenvalue weighted by molar-refractivity contribution is 0.216. The van der Waals surface area contributed by atoms with Crippen LogP contribution < -0.4 is 5.73 Å². The second-order valence-electron chi connectivity index (χ2n) is 3.43. The number of benzene rings is 1. The lowest BCUT2D eigenvalue weighted by atomic mass is 10.0. The molecule has 1 unspecified atom stereocenters. The van der Waals surface area contributed by atoms with E-state index in [-0.39, 0.29) is 0 Å². The second-order valence-corrected chi connectivity index (χ2v) is 4.35. The molecule has 0 aliphatic carbocycles. The normalized spacial score (nSPS) is 12.4. The molecule has 1 aromatic heterocycles. The molecule has 0 aliphatic rings. The summed E-state index contributed by atoms with van der Waals surface area (Å²) >= 11 is 3.32. The molecular formula is C12H11BrN2O. The zero-order valence-electron chi connectivity index (χ0n) is 8.47. The number of hydrogen-bond acceptors (Lipinski definition) is 3. The van der Waals surface area contributed by atoms with Crippen molar-refractivity contribution in [2.75, 3.05) is 5.73 Å². The van der Waals surface area contributed by atoms with Crippen LogP contribution in [-0.2, 0) is 0 Å². The summed E-state index contributed by atoms with van der Waals surface area (Å²) in [5.41, 5.74) is 7.65. The number of halogens is 1. The number of nitrogens with two attached hydrogens (primary N) is 1. The van der Waals surface area contributed by atoms with Crippen LogP contribution in [0.3, 0.4) is 0 Å². The third-order valence-electron chi connectivity index (χ3n) is 2.31. The molecule has 0 bridgehead atoms. The largest absolute Gasteiger partial charge is 0.398 e. The molecule has 0 amide bonds. The Balaban J connectivity index is 2.38. The Kier molecular flexibility index (Phi) is 3.22. The summed E-state index contributed by atoms with van der Waals surface area (Å²) in [4.78, 5) is 4.10. The number of hydrogen-bond donors (Lipinski definition) is 2. The molecule has 0 radical (unpaired) electrons. The van der Waals surface area contributed by atoms with Crippen molar-refractivity contribution in [3.05, 3.63) is 58.3 Å². The highest BCUT2D eigenvalue weighted by Gasteiger charge is 2.14. The fourth-order valence-corrected chi connectivity index (χ4v) is 1.87. The number of pyridine rings is 1. The molecule has 82 valence electrons. The van der Waals surface area contributed by atoms with Gasteiger partial charge in [-0.1, -0.05) is 28.1 Å². The molecule has 2 rings (SSSR count). The molecule has 1 aromatic carbocycles. The molecule has 1 heterocycles. The van der Waals surface area contributed by atoms with Crippen LogP contribution in [0.4, 0.5) is 5.69 Å². The van der Waals surface area contributed by atoms with E-state index in [0.29, 0.717) is 16.9 Å². The average molecular weight is 279 g/mol. The van der Waals surface area contributed by atoms with Gasteiger partial charge in [0.25, 0.3) is 0 Å². The molecule has 1 atom stereocenters. The Morgan fingerprint density at radius 1 is 1.25 bits per heavy atom. The van der Waals surface area contributed by atoms with E-state index < -0.39 is 6.10 Å². The molecular weight excluding hydrogens is 268 g/mol. The van der Waals surface area contributed by atoms with Gasteiger partial charge in [-0.25, -0.2) is 0 Å². The van der Waals surface area contributed by atoms with Crippen molar-refractivity contribution in [1.29, 1.82) is 0 Å². The highest BCUT2D eigenvalue weighted by Crippen LogP contribution is 2.27. The Morgan fingerprint density at radius 3 is 2.69 bits per heavy atom. The van der Waals surface area contributed by atoms with Gasteiger partial charge in [0, 0.05) is 21.9 Å². The maximum Gasteiger partial charge on any atom is 0.123 e. The van der Waals surface area contributed by atoms with E-state index in [0.717, 1.165) is 4.47 Å². The fraction of sp³-hybridized carbons (Fsp3) is 0.0833. The first-order valence-electron chi connectivity index (χ1n) is 4.82. The van der Waals surface area contributed by atoms with Crippen molar-refractivity contribution in [3.63, 3.8) is 0 Å². The molecule has 2 aromatic rings. The van der Waals surface area contributed by atoms with E-state index >= 15 is 0 Å². The molecule has 0 saturated heterocycles. The molecule has 0 spiro atoms. The number of nitrogen functional groups attached to an aromatic ring is 1. The van der Waals surface area contributed by atoms with Crippen molar-refractivity contribution in [2.24, 2.45) is 0 Å². The minimum atomic E-state index is -0.783. The number of aromatic nitrogens is 1. The topological polar surface area (TPSA) is 59.1 Å². The van der Waals surface area contributed by atoms with Gasteiger partial charge in [0.15, 0.2) is 0 Å². The van der Waals surface area contributed by atoms with Crippen LogP contribution in [0.25, 0.3) is 0 Å². The summed E-state index contributed by atoms with van der Waals surface area (Å²) in [5, 5.41) is 10.1. The van der Waals surface area contributed by atoms with Crippen molar-refractivity contribution in [2.45, 2.75) is 6.10 Å². The van der Waals surface area contributed by atoms with Gasteiger partial charge in [0.05, 0.1) is 5.69 Å². The van der Waals surface area contributed by atoms with Crippen molar-refractivity contribution < 1.29 is 5.11 Å². The quantitative estimate of drug-likeness (QED) is 0.830. The van der Waals surface area contributed by atoms with Crippen molar-refractivity contribution in [1.82, 2.24) is 4.98 Å². The third-order valence-corrected chi connectivity index (χ3v) is 2.80. The standard InChI is InChI=1S/C12H11BrN2O/c13-8-4-5-9(10(14)7-8)12(16)11-3-1-2-6-15-11/h1-7,12,16H,14H2. The number of nitrogens with zero attached hydrogens (tertiary/aromatic N) is 1. The van der Waals surface area contributed by atoms with Crippen LogP contribution >= 0.6 is 15.9 Å². The maximum atomic E-state index is 10.1. The smallest absolute Gasteiger partial charge is 0.123 e. The fourth-order valence-electron chi connectivity index (χ4n) is 1.49. The number of aliphatic hydroxyl groups excluding tert-OH is 1. The van der Waals surface area contributed by atoms with E-state index in [9.17, 15) is 5.11 Å². The molecule has 0 fully saturated rings. The van der Waals surface area contributed by atoms with Crippen LogP contribution in [0.1, 0.15) is 17.4 Å². The van der Waals surface area contributed by atoms with E-state index in [1.807, 2.05) is 12.1 Å². The Bertz CT molecular complexity index is 488. The lowest BCUT2D eigenvalue weighted by Gasteiger charge is -2.12. The van der Waals surface area contributed by atoms with Gasteiger partial charge in [0.2, 0.25) is 0 Å². The maximum absolute atomic E-state index is 10.1. The predicted octanol–water partition coefficient (Wildman–Crippen LogP) is 2.51. The highest BCUT2D eigenvalue weighted by molar-refractivity contribution is 9.10. The summed E-state index contributed by atoms with van der Waals surface area (Å²) in [6, 6.07) is 10.8. The van der Waals surface area contributed by atoms with Gasteiger partial charge in [-0.2, -0.15) is 0 Å². The van der Waals surface area contributed by atoms with E-state index in [1.54, 1.807) is 30.5 Å². The lowest BCUT2D eigenvalue weighted by Crippen LogP contribution is -2.05. The summed E-state index contributed by atoms with van der Waals surface area (Å²) in [7, 11) is 0. The Morgan fingerprint density at radius 2 is 2.06 bits per heavy atom. The molecule has 3 nitrogen and oxygen atoms in total. The Labute approximate surface area is 102 Å². The first-order valence-corrected chi connectivity index (χ1v) is 5.61. The van der Waals surface area contributed by atoms with Gasteiger partial charge >= 0.3 is 0 Å². The zero-order valence-corrected chi connectivity index (χ0v) is 10.1. The molecule has 0 aliphatic heterocycles. The van der Waals surface area contributed by atoms with Crippen LogP contribution in [0, 0.1) is 0 Å². The minimum absolute atomic E-state index is 0.549. The summed E-state index contributed by atoms with van der Waals surface area (Å²) in [5.74, 6) is 0. The van der Waals surface area contributed by atoms with E-state index in [4.69, 9.17) is 5.73 Å². The summed E-state index contributed by atoms with van der Waals surface area (Å²) in [6.07, 6.45) is 0.863. The molecule has 3 N–H and O–H groups in total. The second kappa shape index (κ2) is 4.63. The van der Waals surface area contributed by atoms with Crippen molar-refractivity contribution >= 4 is 21.6 Å². The average Bonchev–Trinajstić information content (AvgIpc) is 2.29. The first kappa shape index (κ1) is 11.1. The molecule has 16 heavy (non-hydrogen) atoms. The Hall–Kier alpha value is -1.39. The van der Waals surface area contributed by atoms with Gasteiger partial charge in [0.1, 0.15) is 6.10 Å². The third kappa shape index (κ3) is 2.23. The van der Waals surface area contributed by atoms with Crippen LogP contribution in [0.2, 0.25) is 0 Å². The van der Waals surface area contributed by atoms with E-state index in [1.165, 1.54) is 0 Å². The summed E-state index contributed by atoms with van der Waals surface area (Å²) < 4.78 is 0.891. The number of anilines is 1. The van der Waals surface area contributed by atoms with Crippen molar-refractivity contribution in [3.8, 4) is 0 Å². The monoisotopic (exact) mass is 278 g/mol. The SMILES string of the molecule is Nc1cc(Br)ccc1C(O)c1ccccn1. The molecule has 0 saturated carbocycles. The van der Waals surface area contributed by atoms with Gasteiger partial charge in [-0.15, -0.1) is 0 Å². The van der Waals surface area contributed by atoms with E-state index in [2.05, 4.69) is 20.9 Å². The van der Waals surface area contributed by atoms with Crippen LogP contribution in [-0.4, -0.2) is 10.1 Å². The summed E-state index contributed by atoms with van der Waals surface area (Å²) in [6.45, 7) is 0. The van der Waals surface area contributed by atoms with Gasteiger partial charge < -0.3 is 10.8 Å². The minimum Gasteiger partial charge on any atom is -0.398 e. The zero-order chi connectivity index (χ0) is 11.5. The van der Waals surface area contributed by atoms with Gasteiger partial charge in [-0.05, 0) is 24.3 Å². The highest BCUT2D eigenvalue weighted by atomic mass is 79.9. The number of aliphatic hydroxyl groups is 1. The molecule has 4 heteroatoms. The first-order chi connectivity index (χ1) is 7.68. The predicted molar refractivity (Wildman–Crippen MR) is 66.9 cm³/mol. The number of rotatable bonds is 2.